The van der Waals surface area contributed by atoms with E-state index in [2.05, 4.69) is 5.32 Å². The molecule has 0 fully saturated rings. The van der Waals surface area contributed by atoms with Gasteiger partial charge in [-0.3, -0.25) is 14.5 Å². The van der Waals surface area contributed by atoms with Crippen LogP contribution in [-0.2, 0) is 16.1 Å². The number of hydrogen-bond donors (Lipinski definition) is 1. The first-order valence-corrected chi connectivity index (χ1v) is 5.58. The minimum absolute atomic E-state index is 0.176. The molecule has 0 aromatic heterocycles. The maximum atomic E-state index is 13.0. The number of amides is 2. The van der Waals surface area contributed by atoms with Crippen molar-refractivity contribution in [1.29, 1.82) is 0 Å². The van der Waals surface area contributed by atoms with Crippen molar-refractivity contribution >= 4 is 23.4 Å². The maximum Gasteiger partial charge on any atom is 0.276 e. The third-order valence-electron chi connectivity index (χ3n) is 2.61. The van der Waals surface area contributed by atoms with Crippen LogP contribution >= 0.6 is 11.6 Å². The molecule has 0 saturated heterocycles. The van der Waals surface area contributed by atoms with Gasteiger partial charge in [-0.2, -0.15) is 0 Å². The molecule has 0 aliphatic carbocycles. The highest BCUT2D eigenvalue weighted by Gasteiger charge is 2.27. The van der Waals surface area contributed by atoms with Crippen molar-refractivity contribution in [2.75, 3.05) is 7.05 Å². The van der Waals surface area contributed by atoms with Crippen molar-refractivity contribution in [1.82, 2.24) is 10.2 Å². The Morgan fingerprint density at radius 1 is 1.39 bits per heavy atom. The predicted octanol–water partition coefficient (Wildman–Crippen LogP) is 1.45. The van der Waals surface area contributed by atoms with Gasteiger partial charge in [0.1, 0.15) is 11.5 Å². The molecule has 1 aromatic rings. The minimum Gasteiger partial charge on any atom is -0.376 e. The molecule has 1 heterocycles. The largest absolute Gasteiger partial charge is 0.376 e. The summed E-state index contributed by atoms with van der Waals surface area (Å²) in [5.41, 5.74) is 0.704. The van der Waals surface area contributed by atoms with E-state index in [0.717, 1.165) is 4.90 Å². The molecule has 2 rings (SSSR count). The second-order valence-electron chi connectivity index (χ2n) is 3.85. The minimum atomic E-state index is -0.410. The van der Waals surface area contributed by atoms with E-state index in [1.807, 2.05) is 0 Å². The molecule has 1 aliphatic rings. The zero-order chi connectivity index (χ0) is 13.3. The van der Waals surface area contributed by atoms with Crippen LogP contribution in [-0.4, -0.2) is 23.8 Å². The Labute approximate surface area is 108 Å². The van der Waals surface area contributed by atoms with Crippen molar-refractivity contribution in [3.8, 4) is 0 Å². The molecule has 1 N–H and O–H groups in total. The highest BCUT2D eigenvalue weighted by molar-refractivity contribution is 6.31. The van der Waals surface area contributed by atoms with Gasteiger partial charge in [0.15, 0.2) is 0 Å². The molecule has 4 nitrogen and oxygen atoms in total. The number of benzene rings is 1. The molecule has 0 atom stereocenters. The quantitative estimate of drug-likeness (QED) is 0.844. The van der Waals surface area contributed by atoms with E-state index in [1.165, 1.54) is 31.3 Å². The fourth-order valence-electron chi connectivity index (χ4n) is 1.56. The van der Waals surface area contributed by atoms with Gasteiger partial charge in [-0.05, 0) is 23.8 Å². The van der Waals surface area contributed by atoms with Gasteiger partial charge in [0.05, 0.1) is 0 Å². The number of hydrogen-bond acceptors (Lipinski definition) is 3. The lowest BCUT2D eigenvalue weighted by Gasteiger charge is -2.10. The third kappa shape index (κ3) is 2.36. The summed E-state index contributed by atoms with van der Waals surface area (Å²) in [5.74, 6) is -1.20. The molecule has 94 valence electrons. The maximum absolute atomic E-state index is 13.0. The molecule has 0 spiro atoms. The van der Waals surface area contributed by atoms with Crippen LogP contribution in [0.25, 0.3) is 0 Å². The van der Waals surface area contributed by atoms with Crippen molar-refractivity contribution in [3.63, 3.8) is 0 Å². The summed E-state index contributed by atoms with van der Waals surface area (Å²) in [6.45, 7) is 0.176. The summed E-state index contributed by atoms with van der Waals surface area (Å²) < 4.78 is 13.0. The first-order valence-electron chi connectivity index (χ1n) is 5.20. The Morgan fingerprint density at radius 3 is 2.72 bits per heavy atom. The summed E-state index contributed by atoms with van der Waals surface area (Å²) in [6, 6.07) is 3.97. The van der Waals surface area contributed by atoms with Crippen LogP contribution in [0.15, 0.2) is 30.0 Å². The zero-order valence-electron chi connectivity index (χ0n) is 9.54. The van der Waals surface area contributed by atoms with E-state index >= 15 is 0 Å². The standard InChI is InChI=1S/C12H10ClFN2O2/c1-16-11(17)5-10(12(16)18)15-6-7-4-8(14)2-3-9(7)13/h2-5,15H,6H2,1H3. The van der Waals surface area contributed by atoms with Crippen molar-refractivity contribution < 1.29 is 14.0 Å². The highest BCUT2D eigenvalue weighted by atomic mass is 35.5. The first kappa shape index (κ1) is 12.6. The molecule has 6 heteroatoms. The molecule has 1 aliphatic heterocycles. The second kappa shape index (κ2) is 4.78. The molecule has 2 amide bonds. The fraction of sp³-hybridized carbons (Fsp3) is 0.167. The fourth-order valence-corrected chi connectivity index (χ4v) is 1.74. The summed E-state index contributed by atoms with van der Waals surface area (Å²) >= 11 is 5.89. The van der Waals surface area contributed by atoms with Crippen molar-refractivity contribution in [3.05, 3.63) is 46.4 Å². The smallest absolute Gasteiger partial charge is 0.276 e. The molecule has 0 saturated carbocycles. The summed E-state index contributed by atoms with van der Waals surface area (Å²) in [5, 5.41) is 3.17. The van der Waals surface area contributed by atoms with Crippen LogP contribution in [0.5, 0.6) is 0 Å². The lowest BCUT2D eigenvalue weighted by atomic mass is 10.2. The molecular weight excluding hydrogens is 259 g/mol. The number of likely N-dealkylation sites (N-methyl/N-ethyl adjacent to an activating group) is 1. The second-order valence-corrected chi connectivity index (χ2v) is 4.26. The van der Waals surface area contributed by atoms with Crippen LogP contribution in [0.3, 0.4) is 0 Å². The van der Waals surface area contributed by atoms with Gasteiger partial charge < -0.3 is 5.32 Å². The van der Waals surface area contributed by atoms with Crippen molar-refractivity contribution in [2.24, 2.45) is 0 Å². The number of carbonyl (C=O) groups is 2. The topological polar surface area (TPSA) is 49.4 Å². The van der Waals surface area contributed by atoms with E-state index in [0.29, 0.717) is 10.6 Å². The normalized spacial score (nSPS) is 15.1. The molecule has 18 heavy (non-hydrogen) atoms. The van der Waals surface area contributed by atoms with E-state index in [-0.39, 0.29) is 18.1 Å². The van der Waals surface area contributed by atoms with Crippen LogP contribution in [0.4, 0.5) is 4.39 Å². The summed E-state index contributed by atoms with van der Waals surface area (Å²) in [6.07, 6.45) is 1.20. The Bertz CT molecular complexity index is 557. The molecule has 0 unspecified atom stereocenters. The van der Waals surface area contributed by atoms with E-state index in [4.69, 9.17) is 11.6 Å². The zero-order valence-corrected chi connectivity index (χ0v) is 10.3. The average molecular weight is 269 g/mol. The Kier molecular flexibility index (Phi) is 3.34. The van der Waals surface area contributed by atoms with Gasteiger partial charge in [0.25, 0.3) is 11.8 Å². The van der Waals surface area contributed by atoms with E-state index in [9.17, 15) is 14.0 Å². The molecule has 0 radical (unpaired) electrons. The SMILES string of the molecule is CN1C(=O)C=C(NCc2cc(F)ccc2Cl)C1=O. The van der Waals surface area contributed by atoms with Crippen LogP contribution in [0, 0.1) is 5.82 Å². The molecule has 0 bridgehead atoms. The van der Waals surface area contributed by atoms with Crippen LogP contribution < -0.4 is 5.32 Å². The molecular formula is C12H10ClFN2O2. The summed E-state index contributed by atoms with van der Waals surface area (Å²) in [4.78, 5) is 23.8. The number of nitrogens with one attached hydrogen (secondary N) is 1. The van der Waals surface area contributed by atoms with Crippen molar-refractivity contribution in [2.45, 2.75) is 6.54 Å². The Balaban J connectivity index is 2.09. The lowest BCUT2D eigenvalue weighted by molar-refractivity contribution is -0.135. The molecule has 1 aromatic carbocycles. The van der Waals surface area contributed by atoms with Gasteiger partial charge >= 0.3 is 0 Å². The van der Waals surface area contributed by atoms with Gasteiger partial charge in [0, 0.05) is 24.7 Å². The number of imide groups is 1. The van der Waals surface area contributed by atoms with Gasteiger partial charge in [0.2, 0.25) is 0 Å². The number of carbonyl (C=O) groups excluding carboxylic acids is 2. The van der Waals surface area contributed by atoms with Gasteiger partial charge in [-0.15, -0.1) is 0 Å². The monoisotopic (exact) mass is 268 g/mol. The van der Waals surface area contributed by atoms with Crippen LogP contribution in [0.2, 0.25) is 5.02 Å². The predicted molar refractivity (Wildman–Crippen MR) is 64.1 cm³/mol. The number of halogens is 2. The average Bonchev–Trinajstić information content (AvgIpc) is 2.58. The number of rotatable bonds is 3. The number of nitrogens with zero attached hydrogens (tertiary/aromatic N) is 1. The Hall–Kier alpha value is -1.88. The Morgan fingerprint density at radius 2 is 2.11 bits per heavy atom. The first-order chi connectivity index (χ1) is 8.49. The van der Waals surface area contributed by atoms with Gasteiger partial charge in [-0.25, -0.2) is 4.39 Å². The van der Waals surface area contributed by atoms with E-state index < -0.39 is 11.7 Å². The van der Waals surface area contributed by atoms with Crippen LogP contribution in [0.1, 0.15) is 5.56 Å². The summed E-state index contributed by atoms with van der Waals surface area (Å²) in [7, 11) is 1.39. The van der Waals surface area contributed by atoms with Gasteiger partial charge in [-0.1, -0.05) is 11.6 Å². The van der Waals surface area contributed by atoms with E-state index in [1.54, 1.807) is 0 Å². The lowest BCUT2D eigenvalue weighted by Crippen LogP contribution is -2.29. The third-order valence-corrected chi connectivity index (χ3v) is 2.98. The highest BCUT2D eigenvalue weighted by Crippen LogP contribution is 2.18.